The Balaban J connectivity index is 1.94. The van der Waals surface area contributed by atoms with Gasteiger partial charge in [-0.15, -0.1) is 0 Å². The highest BCUT2D eigenvalue weighted by Crippen LogP contribution is 2.45. The number of aliphatic carboxylic acids is 1. The number of benzene rings is 2. The lowest BCUT2D eigenvalue weighted by atomic mass is 9.97. The van der Waals surface area contributed by atoms with Crippen LogP contribution in [0.2, 0.25) is 0 Å². The number of carboxylic acid groups (broad SMARTS) is 1. The standard InChI is InChI=1S/C18H11F3N2O4S/c1-18(7-12(24)25)16(26)23(10-4-2-3-5-11(10)27-18)17-22-14-13(21)8(19)6-9(20)15(14)28-17/h2-6H,7H2,1H3,(H,24,25). The minimum absolute atomic E-state index is 0.129. The number of halogens is 3. The summed E-state index contributed by atoms with van der Waals surface area (Å²) in [4.78, 5) is 29.3. The summed E-state index contributed by atoms with van der Waals surface area (Å²) in [5.41, 5.74) is -2.08. The molecular formula is C18H11F3N2O4S. The number of amides is 1. The average molecular weight is 408 g/mol. The number of hydrogen-bond acceptors (Lipinski definition) is 5. The fraction of sp³-hybridized carbons (Fsp3) is 0.167. The fourth-order valence-corrected chi connectivity index (χ4v) is 4.00. The number of carboxylic acids is 1. The van der Waals surface area contributed by atoms with Crippen molar-refractivity contribution < 1.29 is 32.6 Å². The van der Waals surface area contributed by atoms with Gasteiger partial charge in [-0.05, 0) is 19.1 Å². The van der Waals surface area contributed by atoms with E-state index in [0.717, 1.165) is 4.90 Å². The van der Waals surface area contributed by atoms with Gasteiger partial charge in [-0.1, -0.05) is 23.5 Å². The Kier molecular flexibility index (Phi) is 4.03. The number of carbonyl (C=O) groups excluding carboxylic acids is 1. The largest absolute Gasteiger partial charge is 0.481 e. The summed E-state index contributed by atoms with van der Waals surface area (Å²) < 4.78 is 47.1. The van der Waals surface area contributed by atoms with Gasteiger partial charge in [-0.2, -0.15) is 0 Å². The number of nitrogens with zero attached hydrogens (tertiary/aromatic N) is 2. The Labute approximate surface area is 159 Å². The van der Waals surface area contributed by atoms with E-state index >= 15 is 0 Å². The molecule has 3 aromatic rings. The summed E-state index contributed by atoms with van der Waals surface area (Å²) in [5.74, 6) is -5.57. The van der Waals surface area contributed by atoms with Gasteiger partial charge in [0.1, 0.15) is 17.1 Å². The molecule has 0 aliphatic carbocycles. The van der Waals surface area contributed by atoms with E-state index < -0.39 is 46.9 Å². The summed E-state index contributed by atoms with van der Waals surface area (Å²) in [6.45, 7) is 1.31. The van der Waals surface area contributed by atoms with Crippen molar-refractivity contribution in [1.29, 1.82) is 0 Å². The number of aromatic nitrogens is 1. The molecule has 1 unspecified atom stereocenters. The molecule has 0 bridgehead atoms. The predicted molar refractivity (Wildman–Crippen MR) is 94.4 cm³/mol. The molecule has 6 nitrogen and oxygen atoms in total. The second-order valence-corrected chi connectivity index (χ2v) is 7.32. The summed E-state index contributed by atoms with van der Waals surface area (Å²) in [7, 11) is 0. The van der Waals surface area contributed by atoms with Crippen LogP contribution in [0.1, 0.15) is 13.3 Å². The molecule has 1 aliphatic heterocycles. The van der Waals surface area contributed by atoms with Crippen molar-refractivity contribution in [2.24, 2.45) is 0 Å². The number of carbonyl (C=O) groups is 2. The smallest absolute Gasteiger partial charge is 0.307 e. The predicted octanol–water partition coefficient (Wildman–Crippen LogP) is 4.00. The van der Waals surface area contributed by atoms with E-state index in [2.05, 4.69) is 4.98 Å². The number of ether oxygens (including phenoxy) is 1. The second-order valence-electron chi connectivity index (χ2n) is 6.34. The fourth-order valence-electron chi connectivity index (χ4n) is 3.02. The summed E-state index contributed by atoms with van der Waals surface area (Å²) in [5, 5.41) is 9.04. The number of fused-ring (bicyclic) bond motifs is 2. The first-order valence-electron chi connectivity index (χ1n) is 8.00. The molecule has 4 rings (SSSR count). The van der Waals surface area contributed by atoms with Crippen molar-refractivity contribution in [3.8, 4) is 5.75 Å². The molecule has 2 heterocycles. The molecule has 2 aromatic carbocycles. The lowest BCUT2D eigenvalue weighted by Crippen LogP contribution is -2.53. The third-order valence-electron chi connectivity index (χ3n) is 4.28. The van der Waals surface area contributed by atoms with E-state index in [0.29, 0.717) is 17.4 Å². The van der Waals surface area contributed by atoms with Crippen molar-refractivity contribution >= 4 is 44.2 Å². The van der Waals surface area contributed by atoms with Gasteiger partial charge in [0.25, 0.3) is 5.91 Å². The number of para-hydroxylation sites is 2. The van der Waals surface area contributed by atoms with Crippen LogP contribution in [0.5, 0.6) is 5.75 Å². The third kappa shape index (κ3) is 2.68. The number of thiazole rings is 1. The van der Waals surface area contributed by atoms with E-state index in [1.54, 1.807) is 12.1 Å². The van der Waals surface area contributed by atoms with E-state index in [4.69, 9.17) is 9.84 Å². The molecule has 0 radical (unpaired) electrons. The molecule has 1 aliphatic rings. The molecule has 1 N–H and O–H groups in total. The highest BCUT2D eigenvalue weighted by atomic mass is 32.1. The molecule has 1 atom stereocenters. The van der Waals surface area contributed by atoms with E-state index in [9.17, 15) is 22.8 Å². The number of hydrogen-bond donors (Lipinski definition) is 1. The molecule has 0 spiro atoms. The normalized spacial score (nSPS) is 18.9. The van der Waals surface area contributed by atoms with Gasteiger partial charge in [0, 0.05) is 6.07 Å². The van der Waals surface area contributed by atoms with Crippen molar-refractivity contribution in [3.05, 3.63) is 47.8 Å². The van der Waals surface area contributed by atoms with Gasteiger partial charge in [0.2, 0.25) is 0 Å². The molecule has 144 valence electrons. The Morgan fingerprint density at radius 3 is 2.71 bits per heavy atom. The van der Waals surface area contributed by atoms with Crippen molar-refractivity contribution in [1.82, 2.24) is 4.98 Å². The first kappa shape index (κ1) is 18.2. The van der Waals surface area contributed by atoms with E-state index in [1.165, 1.54) is 19.1 Å². The zero-order valence-electron chi connectivity index (χ0n) is 14.2. The quantitative estimate of drug-likeness (QED) is 0.663. The Morgan fingerprint density at radius 1 is 1.29 bits per heavy atom. The molecule has 1 aromatic heterocycles. The Bertz CT molecular complexity index is 1150. The van der Waals surface area contributed by atoms with Crippen LogP contribution in [0.4, 0.5) is 24.0 Å². The van der Waals surface area contributed by atoms with Crippen molar-refractivity contribution in [3.63, 3.8) is 0 Å². The van der Waals surface area contributed by atoms with Gasteiger partial charge in [0.05, 0.1) is 16.8 Å². The zero-order valence-corrected chi connectivity index (χ0v) is 15.0. The van der Waals surface area contributed by atoms with Gasteiger partial charge >= 0.3 is 5.97 Å². The number of rotatable bonds is 3. The van der Waals surface area contributed by atoms with Crippen LogP contribution in [-0.4, -0.2) is 27.6 Å². The van der Waals surface area contributed by atoms with Crippen LogP contribution in [0.15, 0.2) is 30.3 Å². The maximum atomic E-state index is 14.1. The maximum Gasteiger partial charge on any atom is 0.307 e. The van der Waals surface area contributed by atoms with Gasteiger partial charge in [0.15, 0.2) is 22.4 Å². The van der Waals surface area contributed by atoms with Gasteiger partial charge in [-0.25, -0.2) is 23.1 Å². The molecule has 1 amide bonds. The van der Waals surface area contributed by atoms with Crippen LogP contribution >= 0.6 is 11.3 Å². The van der Waals surface area contributed by atoms with Crippen LogP contribution in [0.3, 0.4) is 0 Å². The highest BCUT2D eigenvalue weighted by molar-refractivity contribution is 7.22. The summed E-state index contributed by atoms with van der Waals surface area (Å²) in [6, 6.07) is 6.69. The third-order valence-corrected chi connectivity index (χ3v) is 5.33. The lowest BCUT2D eigenvalue weighted by molar-refractivity contribution is -0.148. The topological polar surface area (TPSA) is 79.7 Å². The monoisotopic (exact) mass is 408 g/mol. The first-order valence-corrected chi connectivity index (χ1v) is 8.81. The van der Waals surface area contributed by atoms with Crippen molar-refractivity contribution in [2.45, 2.75) is 18.9 Å². The van der Waals surface area contributed by atoms with Gasteiger partial charge in [-0.3, -0.25) is 9.59 Å². The molecule has 0 fully saturated rings. The van der Waals surface area contributed by atoms with E-state index in [1.807, 2.05) is 0 Å². The molecule has 0 saturated heterocycles. The summed E-state index contributed by atoms with van der Waals surface area (Å²) in [6.07, 6.45) is -0.640. The maximum absolute atomic E-state index is 14.1. The molecule has 10 heteroatoms. The minimum Gasteiger partial charge on any atom is -0.481 e. The minimum atomic E-state index is -1.76. The average Bonchev–Trinajstić information content (AvgIpc) is 3.06. The molecule has 28 heavy (non-hydrogen) atoms. The van der Waals surface area contributed by atoms with Gasteiger partial charge < -0.3 is 9.84 Å². The Hall–Kier alpha value is -3.14. The van der Waals surface area contributed by atoms with E-state index in [-0.39, 0.29) is 21.3 Å². The first-order chi connectivity index (χ1) is 13.2. The lowest BCUT2D eigenvalue weighted by Gasteiger charge is -2.38. The number of anilines is 2. The van der Waals surface area contributed by atoms with Crippen LogP contribution in [-0.2, 0) is 9.59 Å². The summed E-state index contributed by atoms with van der Waals surface area (Å²) >= 11 is 0.650. The molecule has 0 saturated carbocycles. The van der Waals surface area contributed by atoms with Crippen LogP contribution in [0, 0.1) is 17.5 Å². The van der Waals surface area contributed by atoms with Crippen LogP contribution in [0.25, 0.3) is 10.2 Å². The zero-order chi connectivity index (χ0) is 20.2. The highest BCUT2D eigenvalue weighted by Gasteiger charge is 2.47. The Morgan fingerprint density at radius 2 is 2.00 bits per heavy atom. The van der Waals surface area contributed by atoms with Crippen molar-refractivity contribution in [2.75, 3.05) is 4.90 Å². The SMILES string of the molecule is CC1(CC(=O)O)Oc2ccccc2N(c2nc3c(F)c(F)cc(F)c3s2)C1=O. The second kappa shape index (κ2) is 6.20. The van der Waals surface area contributed by atoms with Crippen LogP contribution < -0.4 is 9.64 Å². The molecular weight excluding hydrogens is 397 g/mol.